The van der Waals surface area contributed by atoms with Crippen molar-refractivity contribution in [3.8, 4) is 0 Å². The highest BCUT2D eigenvalue weighted by Gasteiger charge is 2.23. The fourth-order valence-corrected chi connectivity index (χ4v) is 4.58. The Bertz CT molecular complexity index is 594. The van der Waals surface area contributed by atoms with Crippen molar-refractivity contribution in [2.75, 3.05) is 13.1 Å². The number of nitrogens with zero attached hydrogens (tertiary/aromatic N) is 1. The van der Waals surface area contributed by atoms with Crippen LogP contribution < -0.4 is 5.73 Å². The van der Waals surface area contributed by atoms with Gasteiger partial charge in [-0.1, -0.05) is 32.0 Å². The first-order chi connectivity index (χ1) is 10.2. The molecule has 0 aliphatic carbocycles. The van der Waals surface area contributed by atoms with Crippen LogP contribution in [0.4, 0.5) is 0 Å². The van der Waals surface area contributed by atoms with Crippen LogP contribution in [0, 0.1) is 11.8 Å². The average Bonchev–Trinajstić information content (AvgIpc) is 2.86. The van der Waals surface area contributed by atoms with E-state index >= 15 is 0 Å². The highest BCUT2D eigenvalue weighted by molar-refractivity contribution is 7.19. The topological polar surface area (TPSA) is 29.3 Å². The number of rotatable bonds is 4. The van der Waals surface area contributed by atoms with Crippen LogP contribution in [-0.4, -0.2) is 18.0 Å². The second kappa shape index (κ2) is 6.47. The summed E-state index contributed by atoms with van der Waals surface area (Å²) < 4.78 is 1.38. The molecule has 1 aromatic heterocycles. The maximum Gasteiger partial charge on any atom is 0.0349 e. The van der Waals surface area contributed by atoms with Crippen LogP contribution in [0.5, 0.6) is 0 Å². The molecule has 2 nitrogen and oxygen atoms in total. The Balaban J connectivity index is 1.76. The summed E-state index contributed by atoms with van der Waals surface area (Å²) in [5.74, 6) is 1.74. The molecule has 0 atom stereocenters. The van der Waals surface area contributed by atoms with Crippen molar-refractivity contribution in [2.24, 2.45) is 17.6 Å². The molecule has 0 amide bonds. The Hall–Kier alpha value is -0.900. The van der Waals surface area contributed by atoms with Gasteiger partial charge in [-0.15, -0.1) is 11.3 Å². The summed E-state index contributed by atoms with van der Waals surface area (Å²) >= 11 is 1.87. The third-order valence-electron chi connectivity index (χ3n) is 4.92. The summed E-state index contributed by atoms with van der Waals surface area (Å²) in [6.45, 7) is 8.92. The van der Waals surface area contributed by atoms with E-state index in [0.717, 1.165) is 18.4 Å². The zero-order valence-corrected chi connectivity index (χ0v) is 14.0. The van der Waals surface area contributed by atoms with Gasteiger partial charge in [-0.2, -0.15) is 0 Å². The van der Waals surface area contributed by atoms with Crippen molar-refractivity contribution >= 4 is 21.4 Å². The highest BCUT2D eigenvalue weighted by Crippen LogP contribution is 2.33. The monoisotopic (exact) mass is 302 g/mol. The Morgan fingerprint density at radius 1 is 1.24 bits per heavy atom. The molecule has 3 heteroatoms. The zero-order valence-electron chi connectivity index (χ0n) is 13.1. The van der Waals surface area contributed by atoms with Crippen molar-refractivity contribution in [3.05, 3.63) is 34.7 Å². The molecule has 2 N–H and O–H groups in total. The fourth-order valence-electron chi connectivity index (χ4n) is 3.49. The molecule has 3 rings (SSSR count). The molecule has 2 aromatic rings. The number of thiophene rings is 1. The van der Waals surface area contributed by atoms with Crippen molar-refractivity contribution in [3.63, 3.8) is 0 Å². The number of piperidine rings is 1. The number of fused-ring (bicyclic) bond motifs is 1. The molecule has 0 spiro atoms. The molecule has 0 radical (unpaired) electrons. The van der Waals surface area contributed by atoms with Gasteiger partial charge in [0.1, 0.15) is 0 Å². The summed E-state index contributed by atoms with van der Waals surface area (Å²) in [6, 6.07) is 8.73. The zero-order chi connectivity index (χ0) is 14.8. The first kappa shape index (κ1) is 15.0. The first-order valence-electron chi connectivity index (χ1n) is 8.10. The number of benzene rings is 1. The van der Waals surface area contributed by atoms with Crippen LogP contribution in [-0.2, 0) is 13.1 Å². The van der Waals surface area contributed by atoms with E-state index in [2.05, 4.69) is 43.0 Å². The summed E-state index contributed by atoms with van der Waals surface area (Å²) in [6.07, 6.45) is 2.69. The predicted molar refractivity (Wildman–Crippen MR) is 92.6 cm³/mol. The molecule has 0 unspecified atom stereocenters. The van der Waals surface area contributed by atoms with Crippen LogP contribution in [0.15, 0.2) is 24.3 Å². The molecule has 1 aliphatic rings. The van der Waals surface area contributed by atoms with Gasteiger partial charge in [0.15, 0.2) is 0 Å². The van der Waals surface area contributed by atoms with Gasteiger partial charge in [-0.05, 0) is 54.8 Å². The lowest BCUT2D eigenvalue weighted by atomic mass is 9.86. The van der Waals surface area contributed by atoms with Gasteiger partial charge in [0.2, 0.25) is 0 Å². The Morgan fingerprint density at radius 2 is 1.95 bits per heavy atom. The molecule has 21 heavy (non-hydrogen) atoms. The molecule has 1 saturated heterocycles. The lowest BCUT2D eigenvalue weighted by molar-refractivity contribution is 0.152. The standard InChI is InChI=1S/C18H26N2S/c1-13(2)14-7-9-20(10-8-14)12-16-15-5-3-4-6-17(15)21-18(16)11-19/h3-6,13-14H,7-12,19H2,1-2H3. The maximum atomic E-state index is 5.97. The molecule has 1 fully saturated rings. The minimum absolute atomic E-state index is 0.664. The van der Waals surface area contributed by atoms with Crippen LogP contribution in [0.3, 0.4) is 0 Å². The van der Waals surface area contributed by atoms with Gasteiger partial charge in [-0.25, -0.2) is 0 Å². The summed E-state index contributed by atoms with van der Waals surface area (Å²) in [5.41, 5.74) is 7.45. The minimum atomic E-state index is 0.664. The third-order valence-corrected chi connectivity index (χ3v) is 6.16. The molecule has 0 saturated carbocycles. The maximum absolute atomic E-state index is 5.97. The SMILES string of the molecule is CC(C)C1CCN(Cc2c(CN)sc3ccccc23)CC1. The fraction of sp³-hybridized carbons (Fsp3) is 0.556. The summed E-state index contributed by atoms with van der Waals surface area (Å²) in [4.78, 5) is 3.98. The Kier molecular flexibility index (Phi) is 4.63. The first-order valence-corrected chi connectivity index (χ1v) is 8.92. The predicted octanol–water partition coefficient (Wildman–Crippen LogP) is 4.23. The molecular weight excluding hydrogens is 276 g/mol. The van der Waals surface area contributed by atoms with Crippen LogP contribution in [0.2, 0.25) is 0 Å². The molecule has 1 aliphatic heterocycles. The van der Waals surface area contributed by atoms with E-state index < -0.39 is 0 Å². The Morgan fingerprint density at radius 3 is 2.62 bits per heavy atom. The van der Waals surface area contributed by atoms with Crippen molar-refractivity contribution in [2.45, 2.75) is 39.8 Å². The van der Waals surface area contributed by atoms with Gasteiger partial charge < -0.3 is 5.73 Å². The van der Waals surface area contributed by atoms with Gasteiger partial charge >= 0.3 is 0 Å². The largest absolute Gasteiger partial charge is 0.326 e. The second-order valence-electron chi connectivity index (χ2n) is 6.56. The average molecular weight is 302 g/mol. The van der Waals surface area contributed by atoms with Gasteiger partial charge in [0.05, 0.1) is 0 Å². The molecule has 114 valence electrons. The van der Waals surface area contributed by atoms with Crippen molar-refractivity contribution in [1.82, 2.24) is 4.90 Å². The van der Waals surface area contributed by atoms with E-state index in [1.807, 2.05) is 11.3 Å². The highest BCUT2D eigenvalue weighted by atomic mass is 32.1. The lowest BCUT2D eigenvalue weighted by Gasteiger charge is -2.34. The summed E-state index contributed by atoms with van der Waals surface area (Å²) in [5, 5.41) is 1.41. The molecule has 1 aromatic carbocycles. The van der Waals surface area contributed by atoms with Crippen molar-refractivity contribution in [1.29, 1.82) is 0 Å². The normalized spacial score (nSPS) is 17.9. The smallest absolute Gasteiger partial charge is 0.0349 e. The molecular formula is C18H26N2S. The van der Waals surface area contributed by atoms with E-state index in [9.17, 15) is 0 Å². The van der Waals surface area contributed by atoms with E-state index in [1.165, 1.54) is 46.5 Å². The van der Waals surface area contributed by atoms with E-state index in [1.54, 1.807) is 0 Å². The van der Waals surface area contributed by atoms with Crippen LogP contribution >= 0.6 is 11.3 Å². The van der Waals surface area contributed by atoms with E-state index in [-0.39, 0.29) is 0 Å². The van der Waals surface area contributed by atoms with Crippen LogP contribution in [0.25, 0.3) is 10.1 Å². The number of nitrogens with two attached hydrogens (primary N) is 1. The van der Waals surface area contributed by atoms with Gasteiger partial charge in [-0.3, -0.25) is 4.90 Å². The molecule has 0 bridgehead atoms. The summed E-state index contributed by atoms with van der Waals surface area (Å²) in [7, 11) is 0. The quantitative estimate of drug-likeness (QED) is 0.916. The third kappa shape index (κ3) is 3.15. The second-order valence-corrected chi connectivity index (χ2v) is 7.70. The minimum Gasteiger partial charge on any atom is -0.326 e. The van der Waals surface area contributed by atoms with E-state index in [0.29, 0.717) is 6.54 Å². The van der Waals surface area contributed by atoms with Crippen LogP contribution in [0.1, 0.15) is 37.1 Å². The van der Waals surface area contributed by atoms with Gasteiger partial charge in [0.25, 0.3) is 0 Å². The van der Waals surface area contributed by atoms with E-state index in [4.69, 9.17) is 5.73 Å². The lowest BCUT2D eigenvalue weighted by Crippen LogP contribution is -2.34. The molecule has 2 heterocycles. The number of likely N-dealkylation sites (tertiary alicyclic amines) is 1. The van der Waals surface area contributed by atoms with Gasteiger partial charge in [0, 0.05) is 22.7 Å². The number of hydrogen-bond donors (Lipinski definition) is 1. The number of hydrogen-bond acceptors (Lipinski definition) is 3. The Labute approximate surface area is 131 Å². The van der Waals surface area contributed by atoms with Crippen molar-refractivity contribution < 1.29 is 0 Å².